The molecule has 0 fully saturated rings. The maximum atomic E-state index is 8.52. The van der Waals surface area contributed by atoms with Crippen LogP contribution in [-0.2, 0) is 31.2 Å². The molecule has 0 radical (unpaired) electrons. The summed E-state index contributed by atoms with van der Waals surface area (Å²) in [5, 5.41) is 0. The van der Waals surface area contributed by atoms with Gasteiger partial charge in [-0.2, -0.15) is 0 Å². The Morgan fingerprint density at radius 3 is 0.296 bits per heavy atom. The smallest absolute Gasteiger partial charge is 0.759 e. The van der Waals surface area contributed by atoms with Crippen molar-refractivity contribution in [1.82, 2.24) is 0 Å². The van der Waals surface area contributed by atoms with Crippen molar-refractivity contribution in [2.75, 3.05) is 0 Å². The summed E-state index contributed by atoms with van der Waals surface area (Å²) in [5.41, 5.74) is 0. The van der Waals surface area contributed by atoms with Gasteiger partial charge in [-0.3, -0.25) is 25.3 Å². The molecule has 0 aromatic carbocycles. The Kier molecular flexibility index (Phi) is 233. The largest absolute Gasteiger partial charge is 3.00 e. The zero-order valence-corrected chi connectivity index (χ0v) is 17.0. The fourth-order valence-corrected chi connectivity index (χ4v) is 0. The minimum absolute atomic E-state index is 0. The number of hydrogen-bond acceptors (Lipinski definition) is 12. The third-order valence-corrected chi connectivity index (χ3v) is 0. The molecule has 20 N–H and O–H groups in total. The molecular weight excluding hydrogens is 502 g/mol. The molecule has 0 saturated heterocycles. The number of rotatable bonds is 0. The van der Waals surface area contributed by atoms with Crippen molar-refractivity contribution < 1.29 is 107 Å². The van der Waals surface area contributed by atoms with E-state index in [0.29, 0.717) is 0 Å². The molecule has 0 aliphatic heterocycles. The van der Waals surface area contributed by atoms with E-state index in [1.54, 1.807) is 0 Å². The molecule has 0 spiro atoms. The minimum Gasteiger partial charge on any atom is -0.759 e. The van der Waals surface area contributed by atoms with Crippen molar-refractivity contribution in [2.24, 2.45) is 0 Å². The molecule has 27 heteroatoms. The van der Waals surface area contributed by atoms with Crippen LogP contribution in [0.2, 0.25) is 0 Å². The van der Waals surface area contributed by atoms with E-state index in [0.717, 1.165) is 0 Å². The molecule has 0 rings (SSSR count). The van der Waals surface area contributed by atoms with Crippen LogP contribution in [0.3, 0.4) is 0 Å². The Labute approximate surface area is 173 Å². The molecule has 0 aromatic heterocycles. The summed E-state index contributed by atoms with van der Waals surface area (Å²) < 4.78 is 102. The van der Waals surface area contributed by atoms with Crippen LogP contribution < -0.4 is 0 Å². The molecule has 176 valence electrons. The van der Waals surface area contributed by atoms with E-state index in [1.165, 1.54) is 0 Å². The molecule has 0 saturated carbocycles. The van der Waals surface area contributed by atoms with Crippen molar-refractivity contribution in [3.05, 3.63) is 0 Å². The van der Waals surface area contributed by atoms with Gasteiger partial charge in [0.05, 0.1) is 0 Å². The van der Waals surface area contributed by atoms with Gasteiger partial charge in [-0.1, -0.05) is 0 Å². The van der Waals surface area contributed by atoms with Gasteiger partial charge in [0.1, 0.15) is 0 Å². The fourth-order valence-electron chi connectivity index (χ4n) is 0. The zero-order chi connectivity index (χ0) is 13.5. The predicted octanol–water partition coefficient (Wildman–Crippen LogP) is -13.0. The molecule has 0 aliphatic rings. The van der Waals surface area contributed by atoms with Crippen LogP contribution in [-0.4, -0.2) is 142 Å². The van der Waals surface area contributed by atoms with E-state index in [2.05, 4.69) is 0 Å². The van der Waals surface area contributed by atoms with Gasteiger partial charge in [0.15, 0.2) is 0 Å². The Morgan fingerprint density at radius 2 is 0.296 bits per heavy atom. The standard InChI is InChI=1S/2Al.3H2O4S.10H2O/c;;3*1-5(2,3)4;;;;;;;;;;/h;;3*(H2,1,2,3,4);10*1H2/q2*+3;;;;;;;;;;;;;/p-6. The van der Waals surface area contributed by atoms with E-state index in [1.807, 2.05) is 0 Å². The molecule has 0 aliphatic carbocycles. The Hall–Kier alpha value is 0.275. The van der Waals surface area contributed by atoms with Crippen molar-refractivity contribution in [2.45, 2.75) is 0 Å². The summed E-state index contributed by atoms with van der Waals surface area (Å²) in [7, 11) is -15.5. The quantitative estimate of drug-likeness (QED) is 0.162. The van der Waals surface area contributed by atoms with E-state index >= 15 is 0 Å². The topological polar surface area (TPSA) is 556 Å². The first-order valence-corrected chi connectivity index (χ1v) is 6.00. The summed E-state index contributed by atoms with van der Waals surface area (Å²) in [5.74, 6) is 0. The third-order valence-electron chi connectivity index (χ3n) is 0. The first-order chi connectivity index (χ1) is 6.00. The second-order valence-corrected chi connectivity index (χ2v) is 3.67. The Balaban J connectivity index is -0.00000000503. The third kappa shape index (κ3) is 205000. The molecule has 0 aromatic rings. The van der Waals surface area contributed by atoms with Gasteiger partial charge in [-0.25, -0.2) is 0 Å². The van der Waals surface area contributed by atoms with Gasteiger partial charge in [-0.15, -0.1) is 0 Å². The Bertz CT molecular complexity index is 344. The summed E-state index contributed by atoms with van der Waals surface area (Å²) in [6, 6.07) is 0. The van der Waals surface area contributed by atoms with Gasteiger partial charge in [0.25, 0.3) is 0 Å². The minimum atomic E-state index is -5.17. The first-order valence-electron chi connectivity index (χ1n) is 2.00. The molecule has 0 atom stereocenters. The van der Waals surface area contributed by atoms with Crippen molar-refractivity contribution in [3.8, 4) is 0 Å². The van der Waals surface area contributed by atoms with E-state index < -0.39 is 31.2 Å². The van der Waals surface area contributed by atoms with Gasteiger partial charge in [0.2, 0.25) is 0 Å². The van der Waals surface area contributed by atoms with E-state index in [9.17, 15) is 0 Å². The molecule has 0 heterocycles. The monoisotopic (exact) mass is 522 g/mol. The molecular formula is H20Al2O22S3. The van der Waals surface area contributed by atoms with Crippen molar-refractivity contribution >= 4 is 65.9 Å². The maximum Gasteiger partial charge on any atom is 3.00 e. The predicted molar refractivity (Wildman–Crippen MR) is 79.1 cm³/mol. The van der Waals surface area contributed by atoms with Crippen molar-refractivity contribution in [1.29, 1.82) is 0 Å². The van der Waals surface area contributed by atoms with Gasteiger partial charge in [-0.05, 0) is 0 Å². The fraction of sp³-hybridized carbons (Fsp3) is 0. The number of hydrogen-bond donors (Lipinski definition) is 0. The van der Waals surface area contributed by atoms with Crippen LogP contribution >= 0.6 is 0 Å². The second kappa shape index (κ2) is 50.3. The summed E-state index contributed by atoms with van der Waals surface area (Å²) in [6.45, 7) is 0. The summed E-state index contributed by atoms with van der Waals surface area (Å²) in [4.78, 5) is 0. The first kappa shape index (κ1) is 125. The second-order valence-electron chi connectivity index (χ2n) is 1.22. The molecule has 27 heavy (non-hydrogen) atoms. The van der Waals surface area contributed by atoms with Crippen LogP contribution in [0.4, 0.5) is 0 Å². The van der Waals surface area contributed by atoms with E-state index in [-0.39, 0.29) is 89.5 Å². The van der Waals surface area contributed by atoms with Crippen LogP contribution in [0, 0.1) is 0 Å². The zero-order valence-electron chi connectivity index (χ0n) is 12.3. The van der Waals surface area contributed by atoms with Gasteiger partial charge >= 0.3 is 34.7 Å². The summed E-state index contributed by atoms with van der Waals surface area (Å²) in [6.07, 6.45) is 0. The molecule has 22 nitrogen and oxygen atoms in total. The van der Waals surface area contributed by atoms with E-state index in [4.69, 9.17) is 52.6 Å². The molecule has 0 bridgehead atoms. The SMILES string of the molecule is O.O.O.O.O.O.O.O.O.O.O=S(=O)([O-])[O-].O=S(=O)([O-])[O-].O=S(=O)([O-])[O-].[Al+3].[Al+3]. The Morgan fingerprint density at radius 1 is 0.296 bits per heavy atom. The normalized spacial score (nSPS) is 6.44. The summed E-state index contributed by atoms with van der Waals surface area (Å²) >= 11 is 0. The van der Waals surface area contributed by atoms with Crippen LogP contribution in [0.25, 0.3) is 0 Å². The van der Waals surface area contributed by atoms with Gasteiger partial charge in [0, 0.05) is 31.2 Å². The maximum absolute atomic E-state index is 8.52. The van der Waals surface area contributed by atoms with Crippen LogP contribution in [0.15, 0.2) is 0 Å². The van der Waals surface area contributed by atoms with Crippen LogP contribution in [0.5, 0.6) is 0 Å². The molecule has 0 unspecified atom stereocenters. The average Bonchev–Trinajstić information content (AvgIpc) is 1.41. The average molecular weight is 522 g/mol. The van der Waals surface area contributed by atoms with Gasteiger partial charge < -0.3 is 82.1 Å². The van der Waals surface area contributed by atoms with Crippen molar-refractivity contribution in [3.63, 3.8) is 0 Å². The molecule has 0 amide bonds. The van der Waals surface area contributed by atoms with Crippen LogP contribution in [0.1, 0.15) is 0 Å².